The van der Waals surface area contributed by atoms with E-state index in [0.717, 1.165) is 18.4 Å². The molecule has 0 aromatic carbocycles. The Morgan fingerprint density at radius 2 is 1.03 bits per heavy atom. The Hall–Kier alpha value is -1.38. The van der Waals surface area contributed by atoms with Gasteiger partial charge >= 0.3 is 0 Å². The van der Waals surface area contributed by atoms with Crippen LogP contribution in [0.2, 0.25) is 0 Å². The lowest BCUT2D eigenvalue weighted by atomic mass is 9.38. The van der Waals surface area contributed by atoms with Crippen LogP contribution in [0.15, 0.2) is 11.6 Å². The molecule has 516 valence electrons. The van der Waals surface area contributed by atoms with E-state index in [1.807, 2.05) is 0 Å². The predicted molar refractivity (Wildman–Crippen MR) is 303 cm³/mol. The minimum Gasteiger partial charge on any atom is -0.394 e. The van der Waals surface area contributed by atoms with Gasteiger partial charge in [-0.2, -0.15) is 0 Å². The van der Waals surface area contributed by atoms with Gasteiger partial charge in [-0.1, -0.05) is 60.1 Å². The van der Waals surface area contributed by atoms with Crippen LogP contribution in [0.5, 0.6) is 0 Å². The summed E-state index contributed by atoms with van der Waals surface area (Å²) in [5.41, 5.74) is -2.35. The van der Waals surface area contributed by atoms with Crippen LogP contribution in [-0.2, 0) is 47.4 Å². The van der Waals surface area contributed by atoms with Gasteiger partial charge in [-0.05, 0) is 99.7 Å². The minimum absolute atomic E-state index is 0.00448. The van der Waals surface area contributed by atoms with E-state index in [-0.39, 0.29) is 40.9 Å². The first-order valence-electron chi connectivity index (χ1n) is 31.9. The van der Waals surface area contributed by atoms with Crippen molar-refractivity contribution in [3.05, 3.63) is 11.6 Å². The van der Waals surface area contributed by atoms with Crippen molar-refractivity contribution in [2.75, 3.05) is 33.0 Å². The zero-order chi connectivity index (χ0) is 65.5. The molecule has 28 heteroatoms. The van der Waals surface area contributed by atoms with E-state index in [2.05, 4.69) is 47.6 Å². The molecule has 5 heterocycles. The lowest BCUT2D eigenvalue weighted by Gasteiger charge is -2.67. The molecule has 89 heavy (non-hydrogen) atoms. The number of allylic oxidation sites excluding steroid dienone is 1. The van der Waals surface area contributed by atoms with E-state index in [1.165, 1.54) is 6.92 Å². The fourth-order valence-corrected chi connectivity index (χ4v) is 17.3. The Morgan fingerprint density at radius 1 is 0.539 bits per heavy atom. The molecule has 35 atom stereocenters. The van der Waals surface area contributed by atoms with Crippen LogP contribution >= 0.6 is 0 Å². The third kappa shape index (κ3) is 13.0. The predicted octanol–water partition coefficient (Wildman–Crippen LogP) is -4.13. The van der Waals surface area contributed by atoms with E-state index in [4.69, 9.17) is 47.4 Å². The van der Waals surface area contributed by atoms with Crippen LogP contribution in [0.1, 0.15) is 114 Å². The maximum Gasteiger partial charge on any atom is 0.187 e. The maximum atomic E-state index is 12.9. The largest absolute Gasteiger partial charge is 0.394 e. The highest BCUT2D eigenvalue weighted by Crippen LogP contribution is 2.75. The normalized spacial score (nSPS) is 51.8. The fourth-order valence-electron chi connectivity index (χ4n) is 17.3. The number of aliphatic hydroxyl groups is 18. The summed E-state index contributed by atoms with van der Waals surface area (Å²) < 4.78 is 60.2. The second kappa shape index (κ2) is 27.6. The van der Waals surface area contributed by atoms with Gasteiger partial charge in [0.1, 0.15) is 110 Å². The van der Waals surface area contributed by atoms with Crippen molar-refractivity contribution in [1.29, 1.82) is 0 Å². The van der Waals surface area contributed by atoms with E-state index >= 15 is 0 Å². The molecule has 0 aromatic rings. The summed E-state index contributed by atoms with van der Waals surface area (Å²) in [4.78, 5) is 0. The lowest BCUT2D eigenvalue weighted by molar-refractivity contribution is -0.375. The molecule has 8 fully saturated rings. The summed E-state index contributed by atoms with van der Waals surface area (Å²) in [5, 5.41) is 195. The Labute approximate surface area is 518 Å². The van der Waals surface area contributed by atoms with E-state index in [9.17, 15) is 91.9 Å². The van der Waals surface area contributed by atoms with E-state index < -0.39 is 221 Å². The molecule has 0 bridgehead atoms. The Kier molecular flexibility index (Phi) is 22.3. The van der Waals surface area contributed by atoms with Gasteiger partial charge in [0, 0.05) is 16.7 Å². The van der Waals surface area contributed by atoms with Gasteiger partial charge in [0.05, 0.1) is 63.1 Å². The maximum absolute atomic E-state index is 12.9. The summed E-state index contributed by atoms with van der Waals surface area (Å²) >= 11 is 0. The number of fused-ring (bicyclic) bond motifs is 5. The quantitative estimate of drug-likeness (QED) is 0.0515. The summed E-state index contributed by atoms with van der Waals surface area (Å²) in [6.45, 7) is 14.2. The molecule has 9 rings (SSSR count). The van der Waals surface area contributed by atoms with Gasteiger partial charge < -0.3 is 139 Å². The summed E-state index contributed by atoms with van der Waals surface area (Å²) in [5.74, 6) is -0.875. The number of rotatable bonds is 20. The zero-order valence-corrected chi connectivity index (χ0v) is 52.4. The Morgan fingerprint density at radius 3 is 1.63 bits per heavy atom. The first-order valence-corrected chi connectivity index (χ1v) is 31.9. The minimum atomic E-state index is -1.85. The van der Waals surface area contributed by atoms with Crippen molar-refractivity contribution in [2.45, 2.75) is 285 Å². The van der Waals surface area contributed by atoms with Crippen LogP contribution in [0.25, 0.3) is 0 Å². The van der Waals surface area contributed by atoms with Gasteiger partial charge in [0.2, 0.25) is 0 Å². The number of hydrogen-bond acceptors (Lipinski definition) is 28. The standard InChI is InChI=1S/C61H104O28/c1-24(10-14-37(58(5,6)79)87-56-51(89-52-25(2)38(67)39(68)29(19-62)81-52)45(74)42(71)33(85-56)23-80-53-47(76)43(72)40(69)30(20-63)82-53)26-16-17-59(7)34-13-11-27-28(61(34,9)35(66)18-60(26,59)8)12-15-36(57(27,3)4)86-54-49(78)46(75)50(32(22-65)84-54)88-55-48(77)44(73)41(70)31(21-64)83-55/h11,24-26,28-56,62-79H,10,12-23H2,1-9H3/t24-,25-,26?,28?,29-,30-,31-,32-,33-,34?,35-,36+,37-,38-,39-,40-,41-,42-,43+,44+,45+,46-,47-,48-,49-,50-,51-,52+,53+,54+,55-,56+,59+,60-,61+/m1/s1. The molecule has 0 amide bonds. The molecule has 3 saturated carbocycles. The second-order valence-corrected chi connectivity index (χ2v) is 29.0. The van der Waals surface area contributed by atoms with Crippen LogP contribution < -0.4 is 0 Å². The van der Waals surface area contributed by atoms with Crippen molar-refractivity contribution in [3.63, 3.8) is 0 Å². The SMILES string of the molecule is C[C@H]1[C@H](O[C@H]2[C@H](O[C@H](CC[C@@H](C)C3CC[C@@]4(C)C5CC=C6C(CC[C@H](O[C@@H]7O[C@H](CO)[C@@H](O[C@H]8O[C@H](CO)[C@@H](O)[C@H](O)[C@H]8O)[C@H](O)[C@H]7O)C6(C)C)[C@]5(C)[C@H](O)C[C@]34C)C(C)(C)O)O[C@H](CO[C@H]3O[C@H](CO)[C@@H](O)[C@H](O)[C@H]3O)[C@@H](O)[C@@H]2O)O[C@H](CO)[C@@H](O)[C@@H]1O. The van der Waals surface area contributed by atoms with E-state index in [1.54, 1.807) is 13.8 Å². The molecule has 0 spiro atoms. The summed E-state index contributed by atoms with van der Waals surface area (Å²) in [6.07, 6.45) is -33.4. The third-order valence-corrected chi connectivity index (χ3v) is 23.2. The highest BCUT2D eigenvalue weighted by molar-refractivity contribution is 5.32. The Bertz CT molecular complexity index is 2340. The average molecular weight is 1290 g/mol. The van der Waals surface area contributed by atoms with Crippen LogP contribution in [0.3, 0.4) is 0 Å². The van der Waals surface area contributed by atoms with Gasteiger partial charge in [0.25, 0.3) is 0 Å². The second-order valence-electron chi connectivity index (χ2n) is 29.0. The van der Waals surface area contributed by atoms with Crippen molar-refractivity contribution >= 4 is 0 Å². The molecule has 5 saturated heterocycles. The molecule has 0 aromatic heterocycles. The highest BCUT2D eigenvalue weighted by atomic mass is 16.8. The molecule has 9 aliphatic rings. The Balaban J connectivity index is 0.884. The first-order chi connectivity index (χ1) is 41.7. The highest BCUT2D eigenvalue weighted by Gasteiger charge is 2.71. The van der Waals surface area contributed by atoms with Crippen molar-refractivity contribution < 1.29 is 139 Å². The van der Waals surface area contributed by atoms with Crippen LogP contribution in [0.4, 0.5) is 0 Å². The van der Waals surface area contributed by atoms with Gasteiger partial charge in [-0.3, -0.25) is 0 Å². The van der Waals surface area contributed by atoms with Gasteiger partial charge in [0.15, 0.2) is 31.5 Å². The smallest absolute Gasteiger partial charge is 0.187 e. The topological polar surface area (TPSA) is 456 Å². The lowest BCUT2D eigenvalue weighted by Crippen LogP contribution is -2.66. The number of aliphatic hydroxyl groups excluding tert-OH is 17. The summed E-state index contributed by atoms with van der Waals surface area (Å²) in [6, 6.07) is 0. The third-order valence-electron chi connectivity index (χ3n) is 23.2. The molecule has 0 radical (unpaired) electrons. The zero-order valence-electron chi connectivity index (χ0n) is 52.4. The molecule has 28 nitrogen and oxygen atoms in total. The molecular weight excluding hydrogens is 1180 g/mol. The van der Waals surface area contributed by atoms with E-state index in [0.29, 0.717) is 32.1 Å². The molecule has 4 aliphatic carbocycles. The van der Waals surface area contributed by atoms with Crippen molar-refractivity contribution in [1.82, 2.24) is 0 Å². The van der Waals surface area contributed by atoms with Crippen LogP contribution in [-0.4, -0.2) is 296 Å². The number of hydrogen-bond donors (Lipinski definition) is 18. The monoisotopic (exact) mass is 1280 g/mol. The number of ether oxygens (including phenoxy) is 10. The molecule has 3 unspecified atom stereocenters. The molecular formula is C61H104O28. The van der Waals surface area contributed by atoms with Gasteiger partial charge in [-0.25, -0.2) is 0 Å². The van der Waals surface area contributed by atoms with Crippen molar-refractivity contribution in [2.24, 2.45) is 51.2 Å². The fraction of sp³-hybridized carbons (Fsp3) is 0.967. The van der Waals surface area contributed by atoms with Crippen LogP contribution in [0, 0.1) is 51.2 Å². The summed E-state index contributed by atoms with van der Waals surface area (Å²) in [7, 11) is 0. The van der Waals surface area contributed by atoms with Gasteiger partial charge in [-0.15, -0.1) is 0 Å². The molecule has 18 N–H and O–H groups in total. The van der Waals surface area contributed by atoms with Crippen molar-refractivity contribution in [3.8, 4) is 0 Å². The molecule has 5 aliphatic heterocycles. The first kappa shape index (κ1) is 71.9. The average Bonchev–Trinajstić information content (AvgIpc) is 1.66.